The number of methoxy groups -OCH3 is 1. The van der Waals surface area contributed by atoms with Gasteiger partial charge in [-0.25, -0.2) is 14.5 Å². The van der Waals surface area contributed by atoms with Crippen LogP contribution in [0.25, 0.3) is 27.8 Å². The van der Waals surface area contributed by atoms with Gasteiger partial charge < -0.3 is 9.30 Å². The zero-order valence-electron chi connectivity index (χ0n) is 13.2. The molecule has 0 amide bonds. The van der Waals surface area contributed by atoms with Crippen LogP contribution in [0.5, 0.6) is 5.88 Å². The molecule has 0 aliphatic carbocycles. The van der Waals surface area contributed by atoms with Crippen LogP contribution in [0.4, 0.5) is 0 Å². The van der Waals surface area contributed by atoms with Crippen LogP contribution in [0.1, 0.15) is 12.7 Å². The summed E-state index contributed by atoms with van der Waals surface area (Å²) >= 11 is 0. The Hall–Kier alpha value is -2.96. The number of aromatic nitrogens is 6. The molecule has 7 heteroatoms. The highest BCUT2D eigenvalue weighted by molar-refractivity contribution is 5.87. The van der Waals surface area contributed by atoms with Crippen molar-refractivity contribution in [2.24, 2.45) is 0 Å². The number of rotatable bonds is 3. The second kappa shape index (κ2) is 5.05. The van der Waals surface area contributed by atoms with Crippen LogP contribution in [0, 0.1) is 6.92 Å². The monoisotopic (exact) mass is 308 g/mol. The van der Waals surface area contributed by atoms with Gasteiger partial charge in [-0.05, 0) is 26.0 Å². The van der Waals surface area contributed by atoms with E-state index in [0.717, 1.165) is 40.2 Å². The summed E-state index contributed by atoms with van der Waals surface area (Å²) in [4.78, 5) is 13.2. The maximum atomic E-state index is 5.37. The summed E-state index contributed by atoms with van der Waals surface area (Å²) in [6.45, 7) is 4.96. The minimum absolute atomic E-state index is 0.542. The second-order valence-electron chi connectivity index (χ2n) is 5.26. The fourth-order valence-electron chi connectivity index (χ4n) is 2.97. The molecule has 4 rings (SSSR count). The molecule has 116 valence electrons. The topological polar surface area (TPSA) is 70.1 Å². The highest BCUT2D eigenvalue weighted by atomic mass is 16.5. The van der Waals surface area contributed by atoms with E-state index in [4.69, 9.17) is 4.74 Å². The first kappa shape index (κ1) is 13.7. The summed E-state index contributed by atoms with van der Waals surface area (Å²) in [5.41, 5.74) is 4.59. The SMILES string of the molecule is CCn1c(C)nc2ncc(-c3ccn4ncnc(OC)c34)cc21. The molecule has 0 aromatic carbocycles. The normalized spacial score (nSPS) is 11.4. The van der Waals surface area contributed by atoms with Crippen molar-refractivity contribution in [2.45, 2.75) is 20.4 Å². The van der Waals surface area contributed by atoms with E-state index in [1.54, 1.807) is 11.6 Å². The molecule has 0 spiro atoms. The average Bonchev–Trinajstić information content (AvgIpc) is 3.13. The number of nitrogens with zero attached hydrogens (tertiary/aromatic N) is 6. The van der Waals surface area contributed by atoms with Crippen molar-refractivity contribution in [3.8, 4) is 17.0 Å². The van der Waals surface area contributed by atoms with Crippen molar-refractivity contribution in [3.05, 3.63) is 36.7 Å². The minimum Gasteiger partial charge on any atom is -0.479 e. The summed E-state index contributed by atoms with van der Waals surface area (Å²) in [5, 5.41) is 4.22. The van der Waals surface area contributed by atoms with Gasteiger partial charge in [0.1, 0.15) is 17.7 Å². The van der Waals surface area contributed by atoms with Gasteiger partial charge in [0.05, 0.1) is 12.6 Å². The maximum absolute atomic E-state index is 5.37. The van der Waals surface area contributed by atoms with E-state index in [0.29, 0.717) is 5.88 Å². The Morgan fingerprint density at radius 3 is 2.91 bits per heavy atom. The summed E-state index contributed by atoms with van der Waals surface area (Å²) in [5.74, 6) is 1.51. The third-order valence-electron chi connectivity index (χ3n) is 4.04. The lowest BCUT2D eigenvalue weighted by molar-refractivity contribution is 0.399. The number of hydrogen-bond acceptors (Lipinski definition) is 5. The Balaban J connectivity index is 1.99. The van der Waals surface area contributed by atoms with Gasteiger partial charge in [-0.2, -0.15) is 10.1 Å². The molecule has 0 aliphatic heterocycles. The van der Waals surface area contributed by atoms with Crippen LogP contribution in [0.2, 0.25) is 0 Å². The van der Waals surface area contributed by atoms with Crippen molar-refractivity contribution in [3.63, 3.8) is 0 Å². The zero-order chi connectivity index (χ0) is 16.0. The van der Waals surface area contributed by atoms with E-state index in [-0.39, 0.29) is 0 Å². The van der Waals surface area contributed by atoms with Gasteiger partial charge >= 0.3 is 0 Å². The Morgan fingerprint density at radius 2 is 2.13 bits per heavy atom. The highest BCUT2D eigenvalue weighted by Crippen LogP contribution is 2.31. The molecular formula is C16H16N6O. The van der Waals surface area contributed by atoms with Crippen LogP contribution in [-0.2, 0) is 6.54 Å². The van der Waals surface area contributed by atoms with Crippen LogP contribution in [0.15, 0.2) is 30.9 Å². The van der Waals surface area contributed by atoms with Gasteiger partial charge in [0.25, 0.3) is 0 Å². The van der Waals surface area contributed by atoms with Crippen LogP contribution in [0.3, 0.4) is 0 Å². The van der Waals surface area contributed by atoms with Crippen molar-refractivity contribution in [1.82, 2.24) is 29.1 Å². The third-order valence-corrected chi connectivity index (χ3v) is 4.04. The molecule has 0 bridgehead atoms. The van der Waals surface area contributed by atoms with Gasteiger partial charge in [0.2, 0.25) is 5.88 Å². The molecule has 4 aromatic heterocycles. The Bertz CT molecular complexity index is 1020. The molecule has 0 aliphatic rings. The van der Waals surface area contributed by atoms with Crippen LogP contribution in [-0.4, -0.2) is 36.2 Å². The van der Waals surface area contributed by atoms with Crippen LogP contribution < -0.4 is 4.74 Å². The lowest BCUT2D eigenvalue weighted by atomic mass is 10.1. The molecule has 0 atom stereocenters. The molecule has 23 heavy (non-hydrogen) atoms. The Kier molecular flexibility index (Phi) is 3.00. The third kappa shape index (κ3) is 1.97. The van der Waals surface area contributed by atoms with Gasteiger partial charge in [0.15, 0.2) is 5.65 Å². The van der Waals surface area contributed by atoms with E-state index in [1.807, 2.05) is 25.4 Å². The van der Waals surface area contributed by atoms with Gasteiger partial charge in [-0.3, -0.25) is 0 Å². The number of imidazole rings is 1. The van der Waals surface area contributed by atoms with Crippen molar-refractivity contribution < 1.29 is 4.74 Å². The molecule has 4 heterocycles. The van der Waals surface area contributed by atoms with Gasteiger partial charge in [-0.1, -0.05) is 0 Å². The smallest absolute Gasteiger partial charge is 0.241 e. The van der Waals surface area contributed by atoms with E-state index < -0.39 is 0 Å². The molecule has 0 saturated carbocycles. The summed E-state index contributed by atoms with van der Waals surface area (Å²) in [6.07, 6.45) is 5.20. The van der Waals surface area contributed by atoms with Crippen molar-refractivity contribution in [1.29, 1.82) is 0 Å². The molecular weight excluding hydrogens is 292 g/mol. The maximum Gasteiger partial charge on any atom is 0.241 e. The quantitative estimate of drug-likeness (QED) is 0.581. The summed E-state index contributed by atoms with van der Waals surface area (Å²) in [7, 11) is 1.61. The molecule has 0 N–H and O–H groups in total. The fraction of sp³-hybridized carbons (Fsp3) is 0.250. The van der Waals surface area contributed by atoms with Gasteiger partial charge in [0, 0.05) is 30.1 Å². The summed E-state index contributed by atoms with van der Waals surface area (Å²) < 4.78 is 9.28. The molecule has 7 nitrogen and oxygen atoms in total. The number of aryl methyl sites for hydroxylation is 2. The Labute approximate surface area is 132 Å². The highest BCUT2D eigenvalue weighted by Gasteiger charge is 2.15. The first-order valence-electron chi connectivity index (χ1n) is 7.42. The predicted molar refractivity (Wildman–Crippen MR) is 86.5 cm³/mol. The predicted octanol–water partition coefficient (Wildman–Crippen LogP) is 2.48. The van der Waals surface area contributed by atoms with E-state index >= 15 is 0 Å². The van der Waals surface area contributed by atoms with Crippen molar-refractivity contribution in [2.75, 3.05) is 7.11 Å². The molecule has 0 fully saturated rings. The largest absolute Gasteiger partial charge is 0.479 e. The molecule has 0 saturated heterocycles. The lowest BCUT2D eigenvalue weighted by Crippen LogP contribution is -1.97. The number of fused-ring (bicyclic) bond motifs is 2. The standard InChI is InChI=1S/C16H16N6O/c1-4-21-10(2)20-15-13(21)7-11(8-17-15)12-5-6-22-14(12)16(23-3)18-9-19-22/h5-9H,4H2,1-3H3. The minimum atomic E-state index is 0.542. The molecule has 4 aromatic rings. The summed E-state index contributed by atoms with van der Waals surface area (Å²) in [6, 6.07) is 4.10. The van der Waals surface area contributed by atoms with Gasteiger partial charge in [-0.15, -0.1) is 0 Å². The number of hydrogen-bond donors (Lipinski definition) is 0. The Morgan fingerprint density at radius 1 is 1.26 bits per heavy atom. The fourth-order valence-corrected chi connectivity index (χ4v) is 2.97. The van der Waals surface area contributed by atoms with E-state index in [2.05, 4.69) is 37.6 Å². The molecule has 0 radical (unpaired) electrons. The number of ether oxygens (including phenoxy) is 1. The first-order chi connectivity index (χ1) is 11.2. The lowest BCUT2D eigenvalue weighted by Gasteiger charge is -2.06. The zero-order valence-corrected chi connectivity index (χ0v) is 13.2. The van der Waals surface area contributed by atoms with Crippen LogP contribution >= 0.6 is 0 Å². The van der Waals surface area contributed by atoms with E-state index in [1.165, 1.54) is 6.33 Å². The number of pyridine rings is 1. The van der Waals surface area contributed by atoms with E-state index in [9.17, 15) is 0 Å². The molecule has 0 unspecified atom stereocenters. The second-order valence-corrected chi connectivity index (χ2v) is 5.26. The first-order valence-corrected chi connectivity index (χ1v) is 7.42. The average molecular weight is 308 g/mol. The van der Waals surface area contributed by atoms with Crippen molar-refractivity contribution >= 4 is 16.7 Å².